The summed E-state index contributed by atoms with van der Waals surface area (Å²) in [6.45, 7) is 1.58. The molecule has 0 spiro atoms. The van der Waals surface area contributed by atoms with Gasteiger partial charge < -0.3 is 10.4 Å². The summed E-state index contributed by atoms with van der Waals surface area (Å²) in [5.74, 6) is -1.06. The van der Waals surface area contributed by atoms with E-state index in [2.05, 4.69) is 5.32 Å². The van der Waals surface area contributed by atoms with Gasteiger partial charge in [0.2, 0.25) is 5.91 Å². The molecule has 0 saturated heterocycles. The van der Waals surface area contributed by atoms with E-state index in [1.165, 1.54) is 12.1 Å². The van der Waals surface area contributed by atoms with Gasteiger partial charge in [0.05, 0.1) is 11.7 Å². The first-order valence-corrected chi connectivity index (χ1v) is 7.76. The third-order valence-corrected chi connectivity index (χ3v) is 3.42. The number of carboxylic acids is 1. The predicted octanol–water partition coefficient (Wildman–Crippen LogP) is 4.41. The van der Waals surface area contributed by atoms with E-state index in [-0.39, 0.29) is 11.5 Å². The Morgan fingerprint density at radius 3 is 2.27 bits per heavy atom. The van der Waals surface area contributed by atoms with Gasteiger partial charge in [0, 0.05) is 12.1 Å². The summed E-state index contributed by atoms with van der Waals surface area (Å²) in [6, 6.07) is 6.09. The van der Waals surface area contributed by atoms with Gasteiger partial charge in [0.15, 0.2) is 0 Å². The second-order valence-corrected chi connectivity index (χ2v) is 5.52. The number of amides is 1. The molecule has 0 aliphatic carbocycles. The lowest BCUT2D eigenvalue weighted by atomic mass is 10.1. The highest BCUT2D eigenvalue weighted by Gasteiger charge is 2.05. The SMILES string of the molecule is CC(F)CCCCCCCC(=O)Nc1ccc(C(=O)O)cc1. The van der Waals surface area contributed by atoms with E-state index in [0.29, 0.717) is 18.5 Å². The molecule has 1 aromatic rings. The highest BCUT2D eigenvalue weighted by atomic mass is 19.1. The van der Waals surface area contributed by atoms with Gasteiger partial charge in [-0.3, -0.25) is 4.79 Å². The van der Waals surface area contributed by atoms with Gasteiger partial charge in [0.1, 0.15) is 0 Å². The number of halogens is 1. The molecule has 0 fully saturated rings. The van der Waals surface area contributed by atoms with E-state index < -0.39 is 12.1 Å². The maximum atomic E-state index is 12.6. The number of carboxylic acid groups (broad SMARTS) is 1. The van der Waals surface area contributed by atoms with Gasteiger partial charge in [-0.2, -0.15) is 0 Å². The number of carbonyl (C=O) groups excluding carboxylic acids is 1. The van der Waals surface area contributed by atoms with Crippen molar-refractivity contribution in [1.29, 1.82) is 0 Å². The maximum absolute atomic E-state index is 12.6. The van der Waals surface area contributed by atoms with E-state index >= 15 is 0 Å². The molecule has 5 heteroatoms. The predicted molar refractivity (Wildman–Crippen MR) is 84.9 cm³/mol. The van der Waals surface area contributed by atoms with E-state index in [1.807, 2.05) is 0 Å². The Kier molecular flexibility index (Phi) is 8.18. The minimum Gasteiger partial charge on any atom is -0.478 e. The van der Waals surface area contributed by atoms with Gasteiger partial charge in [0.25, 0.3) is 0 Å². The number of hydrogen-bond acceptors (Lipinski definition) is 2. The first-order chi connectivity index (χ1) is 10.5. The number of benzene rings is 1. The highest BCUT2D eigenvalue weighted by molar-refractivity contribution is 5.92. The second kappa shape index (κ2) is 9.92. The molecule has 122 valence electrons. The molecular weight excluding hydrogens is 285 g/mol. The first kappa shape index (κ1) is 18.1. The smallest absolute Gasteiger partial charge is 0.335 e. The molecule has 22 heavy (non-hydrogen) atoms. The lowest BCUT2D eigenvalue weighted by Gasteiger charge is -2.06. The number of anilines is 1. The van der Waals surface area contributed by atoms with Gasteiger partial charge in [-0.25, -0.2) is 9.18 Å². The van der Waals surface area contributed by atoms with E-state index in [0.717, 1.165) is 32.1 Å². The fraction of sp³-hybridized carbons (Fsp3) is 0.529. The quantitative estimate of drug-likeness (QED) is 0.629. The zero-order valence-electron chi connectivity index (χ0n) is 13.0. The average Bonchev–Trinajstić information content (AvgIpc) is 2.46. The summed E-state index contributed by atoms with van der Waals surface area (Å²) in [6.07, 6.45) is 5.04. The van der Waals surface area contributed by atoms with Gasteiger partial charge in [-0.1, -0.05) is 25.7 Å². The monoisotopic (exact) mass is 309 g/mol. The summed E-state index contributed by atoms with van der Waals surface area (Å²) in [5, 5.41) is 11.5. The molecule has 1 aromatic carbocycles. The Morgan fingerprint density at radius 1 is 1.09 bits per heavy atom. The van der Waals surface area contributed by atoms with Crippen LogP contribution in [0.15, 0.2) is 24.3 Å². The summed E-state index contributed by atoms with van der Waals surface area (Å²) < 4.78 is 12.6. The Labute approximate surface area is 130 Å². The zero-order valence-corrected chi connectivity index (χ0v) is 13.0. The van der Waals surface area contributed by atoms with Crippen LogP contribution in [-0.2, 0) is 4.79 Å². The van der Waals surface area contributed by atoms with Crippen molar-refractivity contribution in [2.75, 3.05) is 5.32 Å². The molecule has 2 N–H and O–H groups in total. The maximum Gasteiger partial charge on any atom is 0.335 e. The van der Waals surface area contributed by atoms with Crippen LogP contribution in [-0.4, -0.2) is 23.2 Å². The Bertz CT molecular complexity index is 471. The fourth-order valence-electron chi connectivity index (χ4n) is 2.16. The summed E-state index contributed by atoms with van der Waals surface area (Å²) >= 11 is 0. The van der Waals surface area contributed by atoms with Crippen LogP contribution in [0.2, 0.25) is 0 Å². The fourth-order valence-corrected chi connectivity index (χ4v) is 2.16. The van der Waals surface area contributed by atoms with Crippen LogP contribution in [0.25, 0.3) is 0 Å². The standard InChI is InChI=1S/C17H24FNO3/c1-13(18)7-5-3-2-4-6-8-16(20)19-15-11-9-14(10-12-15)17(21)22/h9-13H,2-8H2,1H3,(H,19,20)(H,21,22). The molecule has 0 saturated carbocycles. The van der Waals surface area contributed by atoms with Crippen molar-refractivity contribution < 1.29 is 19.1 Å². The van der Waals surface area contributed by atoms with Gasteiger partial charge >= 0.3 is 5.97 Å². The van der Waals surface area contributed by atoms with Crippen molar-refractivity contribution in [3.05, 3.63) is 29.8 Å². The van der Waals surface area contributed by atoms with Crippen molar-refractivity contribution in [3.8, 4) is 0 Å². The number of aromatic carboxylic acids is 1. The third-order valence-electron chi connectivity index (χ3n) is 3.42. The van der Waals surface area contributed by atoms with Crippen molar-refractivity contribution in [2.45, 2.75) is 58.0 Å². The van der Waals surface area contributed by atoms with E-state index in [9.17, 15) is 14.0 Å². The Balaban J connectivity index is 2.14. The Hall–Kier alpha value is -1.91. The molecule has 1 unspecified atom stereocenters. The summed E-state index contributed by atoms with van der Waals surface area (Å²) in [4.78, 5) is 22.4. The molecule has 0 aliphatic rings. The lowest BCUT2D eigenvalue weighted by molar-refractivity contribution is -0.116. The molecular formula is C17H24FNO3. The molecule has 0 radical (unpaired) electrons. The van der Waals surface area contributed by atoms with Crippen molar-refractivity contribution in [2.24, 2.45) is 0 Å². The number of rotatable bonds is 10. The highest BCUT2D eigenvalue weighted by Crippen LogP contribution is 2.12. The summed E-state index contributed by atoms with van der Waals surface area (Å²) in [7, 11) is 0. The van der Waals surface area contributed by atoms with Crippen LogP contribution in [0.3, 0.4) is 0 Å². The zero-order chi connectivity index (χ0) is 16.4. The van der Waals surface area contributed by atoms with Crippen LogP contribution in [0.4, 0.5) is 10.1 Å². The molecule has 1 rings (SSSR count). The first-order valence-electron chi connectivity index (χ1n) is 7.76. The van der Waals surface area contributed by atoms with Crippen LogP contribution >= 0.6 is 0 Å². The van der Waals surface area contributed by atoms with Crippen LogP contribution < -0.4 is 5.32 Å². The number of carbonyl (C=O) groups is 2. The lowest BCUT2D eigenvalue weighted by Crippen LogP contribution is -2.11. The number of hydrogen-bond donors (Lipinski definition) is 2. The molecule has 1 atom stereocenters. The number of unbranched alkanes of at least 4 members (excludes halogenated alkanes) is 4. The number of alkyl halides is 1. The van der Waals surface area contributed by atoms with Crippen LogP contribution in [0, 0.1) is 0 Å². The van der Waals surface area contributed by atoms with E-state index in [1.54, 1.807) is 19.1 Å². The third kappa shape index (κ3) is 7.76. The molecule has 0 aliphatic heterocycles. The van der Waals surface area contributed by atoms with Gasteiger partial charge in [-0.15, -0.1) is 0 Å². The van der Waals surface area contributed by atoms with Crippen molar-refractivity contribution >= 4 is 17.6 Å². The molecule has 0 aromatic heterocycles. The van der Waals surface area contributed by atoms with Crippen LogP contribution in [0.5, 0.6) is 0 Å². The van der Waals surface area contributed by atoms with Crippen LogP contribution in [0.1, 0.15) is 62.2 Å². The number of nitrogens with one attached hydrogen (secondary N) is 1. The molecule has 4 nitrogen and oxygen atoms in total. The largest absolute Gasteiger partial charge is 0.478 e. The van der Waals surface area contributed by atoms with E-state index in [4.69, 9.17) is 5.11 Å². The topological polar surface area (TPSA) is 66.4 Å². The Morgan fingerprint density at radius 2 is 1.68 bits per heavy atom. The van der Waals surface area contributed by atoms with Crippen molar-refractivity contribution in [3.63, 3.8) is 0 Å². The molecule has 1 amide bonds. The second-order valence-electron chi connectivity index (χ2n) is 5.52. The normalized spacial score (nSPS) is 11.9. The van der Waals surface area contributed by atoms with Crippen molar-refractivity contribution in [1.82, 2.24) is 0 Å². The minimum absolute atomic E-state index is 0.0690. The summed E-state index contributed by atoms with van der Waals surface area (Å²) in [5.41, 5.74) is 0.799. The minimum atomic E-state index is -0.986. The van der Waals surface area contributed by atoms with Gasteiger partial charge in [-0.05, 0) is 44.0 Å². The molecule has 0 heterocycles. The molecule has 0 bridgehead atoms. The average molecular weight is 309 g/mol.